The largest absolute Gasteiger partial charge is 0.454 e. The molecule has 0 aliphatic heterocycles. The topological polar surface area (TPSA) is 89.9 Å². The van der Waals surface area contributed by atoms with Gasteiger partial charge < -0.3 is 9.72 Å². The summed E-state index contributed by atoms with van der Waals surface area (Å²) in [6.07, 6.45) is 1.64. The van der Waals surface area contributed by atoms with Crippen LogP contribution in [0.3, 0.4) is 0 Å². The number of aromatic nitrogens is 4. The first-order valence-corrected chi connectivity index (χ1v) is 10.9. The number of carbonyl (C=O) groups excluding carboxylic acids is 1. The van der Waals surface area contributed by atoms with Crippen molar-refractivity contribution in [1.29, 1.82) is 0 Å². The van der Waals surface area contributed by atoms with Crippen molar-refractivity contribution >= 4 is 39.8 Å². The van der Waals surface area contributed by atoms with Crippen LogP contribution in [0.4, 0.5) is 0 Å². The molecule has 0 atom stereocenters. The van der Waals surface area contributed by atoms with Crippen LogP contribution in [0.1, 0.15) is 16.2 Å². The number of H-pyrrole nitrogens is 1. The van der Waals surface area contributed by atoms with E-state index in [1.165, 1.54) is 11.3 Å². The van der Waals surface area contributed by atoms with Gasteiger partial charge in [0.05, 0.1) is 21.5 Å². The zero-order chi connectivity index (χ0) is 22.1. The van der Waals surface area contributed by atoms with E-state index in [0.29, 0.717) is 27.2 Å². The molecule has 0 radical (unpaired) electrons. The van der Waals surface area contributed by atoms with Crippen LogP contribution in [0.2, 0.25) is 5.02 Å². The maximum Gasteiger partial charge on any atom is 0.342 e. The van der Waals surface area contributed by atoms with E-state index >= 15 is 0 Å². The highest BCUT2D eigenvalue weighted by Gasteiger charge is 2.21. The molecular weight excluding hydrogens is 448 g/mol. The van der Waals surface area contributed by atoms with Gasteiger partial charge in [-0.3, -0.25) is 4.79 Å². The molecule has 5 aromatic rings. The van der Waals surface area contributed by atoms with Crippen LogP contribution in [0.5, 0.6) is 0 Å². The van der Waals surface area contributed by atoms with Gasteiger partial charge in [0.15, 0.2) is 0 Å². The Balaban J connectivity index is 1.45. The van der Waals surface area contributed by atoms with Crippen LogP contribution in [0, 0.1) is 0 Å². The van der Waals surface area contributed by atoms with Crippen molar-refractivity contribution in [1.82, 2.24) is 19.7 Å². The van der Waals surface area contributed by atoms with Gasteiger partial charge >= 0.3 is 5.97 Å². The smallest absolute Gasteiger partial charge is 0.342 e. The van der Waals surface area contributed by atoms with E-state index in [0.717, 1.165) is 10.6 Å². The fourth-order valence-corrected chi connectivity index (χ4v) is 4.16. The molecule has 1 N–H and O–H groups in total. The van der Waals surface area contributed by atoms with Gasteiger partial charge in [0.2, 0.25) is 0 Å². The molecule has 0 saturated carbocycles. The normalized spacial score (nSPS) is 11.0. The van der Waals surface area contributed by atoms with Crippen molar-refractivity contribution in [3.8, 4) is 16.3 Å². The Labute approximate surface area is 190 Å². The predicted molar refractivity (Wildman–Crippen MR) is 123 cm³/mol. The lowest BCUT2D eigenvalue weighted by molar-refractivity contribution is 0.0463. The minimum absolute atomic E-state index is 0.197. The molecule has 0 unspecified atom stereocenters. The van der Waals surface area contributed by atoms with Gasteiger partial charge in [-0.1, -0.05) is 35.9 Å². The van der Waals surface area contributed by atoms with Gasteiger partial charge in [-0.2, -0.15) is 5.10 Å². The van der Waals surface area contributed by atoms with Crippen molar-refractivity contribution in [2.75, 3.05) is 0 Å². The minimum atomic E-state index is -0.565. The lowest BCUT2D eigenvalue weighted by atomic mass is 10.2. The summed E-state index contributed by atoms with van der Waals surface area (Å²) in [7, 11) is 0. The second-order valence-electron chi connectivity index (χ2n) is 6.90. The number of aromatic amines is 1. The number of para-hydroxylation sites is 1. The second-order valence-corrected chi connectivity index (χ2v) is 8.28. The molecule has 9 heteroatoms. The molecule has 2 aromatic carbocycles. The summed E-state index contributed by atoms with van der Waals surface area (Å²) in [6, 6.07) is 18.1. The van der Waals surface area contributed by atoms with Gasteiger partial charge in [0.1, 0.15) is 23.7 Å². The van der Waals surface area contributed by atoms with E-state index in [4.69, 9.17) is 16.3 Å². The summed E-state index contributed by atoms with van der Waals surface area (Å²) >= 11 is 7.48. The highest BCUT2D eigenvalue weighted by Crippen LogP contribution is 2.28. The van der Waals surface area contributed by atoms with E-state index in [1.54, 1.807) is 29.1 Å². The Morgan fingerprint density at radius 2 is 1.97 bits per heavy atom. The van der Waals surface area contributed by atoms with E-state index in [1.807, 2.05) is 47.8 Å². The molecule has 32 heavy (non-hydrogen) atoms. The number of nitrogens with one attached hydrogen (secondary N) is 1. The Hall–Kier alpha value is -3.75. The Bertz CT molecular complexity index is 1480. The van der Waals surface area contributed by atoms with Crippen LogP contribution < -0.4 is 5.56 Å². The third-order valence-electron chi connectivity index (χ3n) is 4.77. The van der Waals surface area contributed by atoms with Crippen LogP contribution in [0.15, 0.2) is 77.0 Å². The number of esters is 1. The lowest BCUT2D eigenvalue weighted by Gasteiger charge is -2.05. The first-order valence-electron chi connectivity index (χ1n) is 9.63. The van der Waals surface area contributed by atoms with Crippen LogP contribution in [0.25, 0.3) is 27.2 Å². The Kier molecular flexibility index (Phi) is 5.30. The van der Waals surface area contributed by atoms with E-state index in [2.05, 4.69) is 15.1 Å². The number of hydrogen-bond acceptors (Lipinski definition) is 6. The van der Waals surface area contributed by atoms with E-state index in [9.17, 15) is 9.59 Å². The molecule has 0 spiro atoms. The number of carbonyl (C=O) groups is 1. The molecule has 5 rings (SSSR count). The van der Waals surface area contributed by atoms with Crippen molar-refractivity contribution in [2.24, 2.45) is 0 Å². The Morgan fingerprint density at radius 1 is 1.12 bits per heavy atom. The molecule has 0 bridgehead atoms. The number of benzene rings is 2. The third-order valence-corrected chi connectivity index (χ3v) is 5.88. The highest BCUT2D eigenvalue weighted by atomic mass is 35.5. The van der Waals surface area contributed by atoms with Gasteiger partial charge in [-0.25, -0.2) is 14.5 Å². The number of halogens is 1. The fourth-order valence-electron chi connectivity index (χ4n) is 3.27. The quantitative estimate of drug-likeness (QED) is 0.377. The van der Waals surface area contributed by atoms with Crippen LogP contribution >= 0.6 is 22.9 Å². The first kappa shape index (κ1) is 20.2. The van der Waals surface area contributed by atoms with E-state index < -0.39 is 5.97 Å². The molecule has 0 aliphatic carbocycles. The molecule has 158 valence electrons. The minimum Gasteiger partial charge on any atom is -0.454 e. The number of thiophene rings is 1. The van der Waals surface area contributed by atoms with Gasteiger partial charge in [0, 0.05) is 11.2 Å². The molecule has 0 amide bonds. The van der Waals surface area contributed by atoms with Crippen LogP contribution in [-0.2, 0) is 11.3 Å². The van der Waals surface area contributed by atoms with Crippen molar-refractivity contribution < 1.29 is 9.53 Å². The first-order chi connectivity index (χ1) is 15.6. The van der Waals surface area contributed by atoms with Crippen molar-refractivity contribution in [3.05, 3.63) is 99.0 Å². The predicted octanol–water partition coefficient (Wildman–Crippen LogP) is 4.85. The number of nitrogens with zero attached hydrogens (tertiary/aromatic N) is 3. The molecule has 0 fully saturated rings. The molecule has 0 aliphatic rings. The summed E-state index contributed by atoms with van der Waals surface area (Å²) in [5.41, 5.74) is 1.78. The average molecular weight is 463 g/mol. The van der Waals surface area contributed by atoms with Crippen LogP contribution in [-0.4, -0.2) is 25.7 Å². The Morgan fingerprint density at radius 3 is 2.75 bits per heavy atom. The number of fused-ring (bicyclic) bond motifs is 1. The zero-order valence-corrected chi connectivity index (χ0v) is 18.1. The molecule has 3 aromatic heterocycles. The van der Waals surface area contributed by atoms with Crippen molar-refractivity contribution in [3.63, 3.8) is 0 Å². The summed E-state index contributed by atoms with van der Waals surface area (Å²) in [5, 5.41) is 7.40. The number of ether oxygens (including phenoxy) is 1. The summed E-state index contributed by atoms with van der Waals surface area (Å²) in [4.78, 5) is 33.1. The zero-order valence-electron chi connectivity index (χ0n) is 16.5. The lowest BCUT2D eigenvalue weighted by Crippen LogP contribution is -2.14. The number of hydrogen-bond donors (Lipinski definition) is 1. The summed E-state index contributed by atoms with van der Waals surface area (Å²) in [6.45, 7) is -0.197. The molecule has 0 saturated heterocycles. The summed E-state index contributed by atoms with van der Waals surface area (Å²) < 4.78 is 7.13. The van der Waals surface area contributed by atoms with Gasteiger partial charge in [0.25, 0.3) is 5.56 Å². The van der Waals surface area contributed by atoms with Crippen molar-refractivity contribution in [2.45, 2.75) is 6.61 Å². The maximum absolute atomic E-state index is 13.0. The molecule has 3 heterocycles. The standard InChI is InChI=1S/C23H15ClN4O3S/c24-14-8-9-16-18(11-14)25-20(26-22(16)29)13-31-23(30)17-12-28(15-5-2-1-3-6-15)27-21(17)19-7-4-10-32-19/h1-12H,13H2,(H,25,26,29). The second kappa shape index (κ2) is 8.41. The highest BCUT2D eigenvalue weighted by molar-refractivity contribution is 7.13. The van der Waals surface area contributed by atoms with Gasteiger partial charge in [-0.15, -0.1) is 11.3 Å². The SMILES string of the molecule is O=C(OCc1nc2cc(Cl)ccc2c(=O)[nH]1)c1cn(-c2ccccc2)nc1-c1cccs1. The third kappa shape index (κ3) is 3.93. The average Bonchev–Trinajstić information content (AvgIpc) is 3.48. The van der Waals surface area contributed by atoms with Gasteiger partial charge in [-0.05, 0) is 41.8 Å². The number of rotatable bonds is 5. The maximum atomic E-state index is 13.0. The fraction of sp³-hybridized carbons (Fsp3) is 0.0435. The van der Waals surface area contributed by atoms with E-state index in [-0.39, 0.29) is 18.0 Å². The molecular formula is C23H15ClN4O3S. The molecule has 7 nitrogen and oxygen atoms in total. The summed E-state index contributed by atoms with van der Waals surface area (Å²) in [5.74, 6) is -0.337. The monoisotopic (exact) mass is 462 g/mol.